The third kappa shape index (κ3) is 2.51. The molecule has 3 aromatic rings. The van der Waals surface area contributed by atoms with Crippen molar-refractivity contribution in [3.63, 3.8) is 0 Å². The molecule has 0 atom stereocenters. The zero-order valence-corrected chi connectivity index (χ0v) is 13.6. The van der Waals surface area contributed by atoms with E-state index in [1.165, 1.54) is 11.8 Å². The summed E-state index contributed by atoms with van der Waals surface area (Å²) in [7, 11) is 0. The normalized spacial score (nSPS) is 10.5. The summed E-state index contributed by atoms with van der Waals surface area (Å²) in [6.07, 6.45) is 0.828. The molecule has 0 saturated carbocycles. The van der Waals surface area contributed by atoms with Gasteiger partial charge in [-0.3, -0.25) is 4.57 Å². The van der Waals surface area contributed by atoms with Crippen LogP contribution in [0.2, 0.25) is 0 Å². The van der Waals surface area contributed by atoms with Gasteiger partial charge in [-0.25, -0.2) is 0 Å². The van der Waals surface area contributed by atoms with E-state index in [0.29, 0.717) is 21.2 Å². The van der Waals surface area contributed by atoms with Crippen molar-refractivity contribution in [2.24, 2.45) is 0 Å². The number of aromatic nitrogens is 3. The predicted molar refractivity (Wildman–Crippen MR) is 88.1 cm³/mol. The van der Waals surface area contributed by atoms with E-state index in [4.69, 9.17) is 0 Å². The Morgan fingerprint density at radius 3 is 2.73 bits per heavy atom. The maximum Gasteiger partial charge on any atom is 0.205 e. The van der Waals surface area contributed by atoms with Gasteiger partial charge in [-0.1, -0.05) is 36.0 Å². The zero-order valence-electron chi connectivity index (χ0n) is 11.2. The highest BCUT2D eigenvalue weighted by Gasteiger charge is 2.15. The third-order valence-electron chi connectivity index (χ3n) is 3.14. The van der Waals surface area contributed by atoms with E-state index >= 15 is 0 Å². The number of nitrogens with zero attached hydrogens (tertiary/aromatic N) is 4. The van der Waals surface area contributed by atoms with Crippen LogP contribution in [-0.2, 0) is 4.79 Å². The van der Waals surface area contributed by atoms with Crippen LogP contribution in [0.3, 0.4) is 0 Å². The van der Waals surface area contributed by atoms with Gasteiger partial charge in [-0.15, -0.1) is 10.2 Å². The molecule has 1 heterocycles. The fourth-order valence-corrected chi connectivity index (χ4v) is 3.42. The van der Waals surface area contributed by atoms with Crippen LogP contribution in [0.4, 0.5) is 0 Å². The van der Waals surface area contributed by atoms with E-state index in [-0.39, 0.29) is 0 Å². The molecule has 0 spiro atoms. The predicted octanol–water partition coefficient (Wildman–Crippen LogP) is 3.35. The molecular formula is C15H9BrN4OS. The van der Waals surface area contributed by atoms with Crippen molar-refractivity contribution in [2.45, 2.75) is 5.16 Å². The molecule has 0 amide bonds. The second-order valence-corrected chi connectivity index (χ2v) is 6.05. The number of thioether (sulfide) groups is 1. The minimum atomic E-state index is 0.305. The van der Waals surface area contributed by atoms with Crippen molar-refractivity contribution in [3.05, 3.63) is 46.7 Å². The highest BCUT2D eigenvalue weighted by atomic mass is 79.9. The van der Waals surface area contributed by atoms with E-state index in [9.17, 15) is 10.1 Å². The second-order valence-electron chi connectivity index (χ2n) is 4.35. The second kappa shape index (κ2) is 6.30. The van der Waals surface area contributed by atoms with Crippen molar-refractivity contribution < 1.29 is 4.79 Å². The van der Waals surface area contributed by atoms with Crippen LogP contribution in [-0.4, -0.2) is 26.8 Å². The van der Waals surface area contributed by atoms with E-state index in [1.807, 2.05) is 34.9 Å². The van der Waals surface area contributed by atoms with Crippen LogP contribution in [0.1, 0.15) is 5.56 Å². The topological polar surface area (TPSA) is 71.6 Å². The lowest BCUT2D eigenvalue weighted by Gasteiger charge is -2.11. The van der Waals surface area contributed by atoms with Gasteiger partial charge in [0.05, 0.1) is 23.1 Å². The lowest BCUT2D eigenvalue weighted by Crippen LogP contribution is -1.99. The van der Waals surface area contributed by atoms with Gasteiger partial charge < -0.3 is 4.79 Å². The molecule has 0 fully saturated rings. The average Bonchev–Trinajstić information content (AvgIpc) is 2.92. The monoisotopic (exact) mass is 372 g/mol. The highest BCUT2D eigenvalue weighted by Crippen LogP contribution is 2.30. The average molecular weight is 373 g/mol. The van der Waals surface area contributed by atoms with Gasteiger partial charge in [0.1, 0.15) is 6.29 Å². The maximum absolute atomic E-state index is 10.6. The minimum Gasteiger partial charge on any atom is -0.302 e. The van der Waals surface area contributed by atoms with Gasteiger partial charge in [0.2, 0.25) is 4.73 Å². The lowest BCUT2D eigenvalue weighted by atomic mass is 10.0. The number of fused-ring (bicyclic) bond motifs is 1. The molecule has 0 aliphatic heterocycles. The molecule has 0 N–H and O–H groups in total. The van der Waals surface area contributed by atoms with Crippen LogP contribution >= 0.6 is 27.7 Å². The Balaban J connectivity index is 2.26. The minimum absolute atomic E-state index is 0.305. The molecule has 22 heavy (non-hydrogen) atoms. The Hall–Kier alpha value is -2.17. The molecule has 0 unspecified atom stereocenters. The first-order valence-electron chi connectivity index (χ1n) is 6.36. The van der Waals surface area contributed by atoms with Crippen molar-refractivity contribution in [2.75, 3.05) is 5.75 Å². The maximum atomic E-state index is 10.6. The molecule has 2 aromatic carbocycles. The number of nitriles is 1. The first-order chi connectivity index (χ1) is 10.8. The number of carbonyl (C=O) groups is 1. The van der Waals surface area contributed by atoms with E-state index in [1.54, 1.807) is 6.07 Å². The molecule has 5 nitrogen and oxygen atoms in total. The van der Waals surface area contributed by atoms with Crippen molar-refractivity contribution in [1.29, 1.82) is 5.26 Å². The molecule has 0 bridgehead atoms. The van der Waals surface area contributed by atoms with Gasteiger partial charge in [0, 0.05) is 10.8 Å². The Bertz CT molecular complexity index is 900. The number of hydrogen-bond donors (Lipinski definition) is 0. The van der Waals surface area contributed by atoms with Crippen LogP contribution in [0.15, 0.2) is 46.3 Å². The van der Waals surface area contributed by atoms with Crippen molar-refractivity contribution in [3.8, 4) is 11.8 Å². The Labute approximate surface area is 139 Å². The lowest BCUT2D eigenvalue weighted by molar-refractivity contribution is -0.105. The zero-order chi connectivity index (χ0) is 15.5. The smallest absolute Gasteiger partial charge is 0.205 e. The third-order valence-corrected chi connectivity index (χ3v) is 4.48. The first-order valence-corrected chi connectivity index (χ1v) is 8.13. The van der Waals surface area contributed by atoms with Crippen molar-refractivity contribution in [1.82, 2.24) is 14.8 Å². The fourth-order valence-electron chi connectivity index (χ4n) is 2.23. The number of benzene rings is 2. The molecular weight excluding hydrogens is 364 g/mol. The number of hydrogen-bond acceptors (Lipinski definition) is 5. The summed E-state index contributed by atoms with van der Waals surface area (Å²) in [4.78, 5) is 10.6. The van der Waals surface area contributed by atoms with Gasteiger partial charge in [-0.2, -0.15) is 5.26 Å². The van der Waals surface area contributed by atoms with Crippen LogP contribution in [0.25, 0.3) is 16.5 Å². The summed E-state index contributed by atoms with van der Waals surface area (Å²) in [6, 6.07) is 13.5. The molecule has 7 heteroatoms. The molecule has 1 aromatic heterocycles. The van der Waals surface area contributed by atoms with Crippen LogP contribution < -0.4 is 0 Å². The summed E-state index contributed by atoms with van der Waals surface area (Å²) in [6.45, 7) is 0. The number of halogens is 1. The van der Waals surface area contributed by atoms with Gasteiger partial charge >= 0.3 is 0 Å². The molecule has 0 aliphatic carbocycles. The summed E-state index contributed by atoms with van der Waals surface area (Å²) in [5.41, 5.74) is 1.48. The number of rotatable bonds is 4. The molecule has 108 valence electrons. The van der Waals surface area contributed by atoms with Crippen LogP contribution in [0, 0.1) is 11.3 Å². The Morgan fingerprint density at radius 1 is 1.23 bits per heavy atom. The quantitative estimate of drug-likeness (QED) is 0.518. The summed E-state index contributed by atoms with van der Waals surface area (Å²) >= 11 is 4.70. The summed E-state index contributed by atoms with van der Waals surface area (Å²) in [5, 5.41) is 19.8. The Morgan fingerprint density at radius 2 is 2.00 bits per heavy atom. The molecule has 0 saturated heterocycles. The SMILES string of the molecule is N#Cc1ccc(-n2c(Br)nnc2SCC=O)c2ccccc12. The van der Waals surface area contributed by atoms with E-state index in [2.05, 4.69) is 32.2 Å². The van der Waals surface area contributed by atoms with Gasteiger partial charge in [0.25, 0.3) is 0 Å². The standard InChI is InChI=1S/C15H9BrN4OS/c16-14-18-19-15(22-8-7-21)20(14)13-6-5-10(9-17)11-3-1-2-4-12(11)13/h1-7H,8H2. The van der Waals surface area contributed by atoms with E-state index < -0.39 is 0 Å². The van der Waals surface area contributed by atoms with Crippen molar-refractivity contribution >= 4 is 44.8 Å². The highest BCUT2D eigenvalue weighted by molar-refractivity contribution is 9.10. The van der Waals surface area contributed by atoms with Crippen LogP contribution in [0.5, 0.6) is 0 Å². The van der Waals surface area contributed by atoms with E-state index in [0.717, 1.165) is 22.7 Å². The molecule has 0 radical (unpaired) electrons. The fraction of sp³-hybridized carbons (Fsp3) is 0.0667. The molecule has 0 aliphatic rings. The van der Waals surface area contributed by atoms with Gasteiger partial charge in [-0.05, 0) is 28.1 Å². The number of aldehydes is 1. The summed E-state index contributed by atoms with van der Waals surface area (Å²) in [5.74, 6) is 0.305. The Kier molecular flexibility index (Phi) is 4.22. The summed E-state index contributed by atoms with van der Waals surface area (Å²) < 4.78 is 2.38. The largest absolute Gasteiger partial charge is 0.302 e. The number of carbonyl (C=O) groups excluding carboxylic acids is 1. The first kappa shape index (κ1) is 14.8. The van der Waals surface area contributed by atoms with Gasteiger partial charge in [0.15, 0.2) is 5.16 Å². The molecule has 3 rings (SSSR count).